The van der Waals surface area contributed by atoms with Gasteiger partial charge in [-0.3, -0.25) is 9.88 Å². The fourth-order valence-corrected chi connectivity index (χ4v) is 3.67. The molecule has 1 fully saturated rings. The number of hydrogen-bond donors (Lipinski definition) is 1. The van der Waals surface area contributed by atoms with Crippen molar-refractivity contribution in [1.29, 1.82) is 0 Å². The van der Waals surface area contributed by atoms with Gasteiger partial charge >= 0.3 is 0 Å². The summed E-state index contributed by atoms with van der Waals surface area (Å²) < 4.78 is 0. The molecule has 1 aromatic rings. The van der Waals surface area contributed by atoms with Crippen molar-refractivity contribution in [1.82, 2.24) is 15.2 Å². The molecule has 2 rings (SSSR count). The summed E-state index contributed by atoms with van der Waals surface area (Å²) in [6.07, 6.45) is 3.94. The van der Waals surface area contributed by atoms with E-state index in [2.05, 4.69) is 68.3 Å². The van der Waals surface area contributed by atoms with Crippen LogP contribution < -0.4 is 5.32 Å². The van der Waals surface area contributed by atoms with Gasteiger partial charge in [0.1, 0.15) is 0 Å². The van der Waals surface area contributed by atoms with Crippen LogP contribution >= 0.6 is 0 Å². The third kappa shape index (κ3) is 4.27. The lowest BCUT2D eigenvalue weighted by Crippen LogP contribution is -2.51. The summed E-state index contributed by atoms with van der Waals surface area (Å²) in [6.45, 7) is 7.73. The lowest BCUT2D eigenvalue weighted by Gasteiger charge is -2.42. The topological polar surface area (TPSA) is 28.2 Å². The molecule has 0 saturated heterocycles. The van der Waals surface area contributed by atoms with Crippen LogP contribution in [-0.2, 0) is 6.54 Å². The standard InChI is InChI=1S/C18H31N3/c1-13(2)15-9-10-17(19-4)18(11-15)21(5)12-16-8-6-7-14(3)20-16/h6-8,13,15,17-19H,9-12H2,1-5H3. The van der Waals surface area contributed by atoms with Crippen molar-refractivity contribution in [3.63, 3.8) is 0 Å². The van der Waals surface area contributed by atoms with Crippen LogP contribution in [0.4, 0.5) is 0 Å². The van der Waals surface area contributed by atoms with Crippen LogP contribution in [0.5, 0.6) is 0 Å². The molecule has 3 unspecified atom stereocenters. The van der Waals surface area contributed by atoms with E-state index in [0.29, 0.717) is 12.1 Å². The predicted octanol–water partition coefficient (Wildman–Crippen LogP) is 3.23. The summed E-state index contributed by atoms with van der Waals surface area (Å²) in [7, 11) is 4.36. The summed E-state index contributed by atoms with van der Waals surface area (Å²) in [5.74, 6) is 1.64. The molecule has 1 aromatic heterocycles. The maximum absolute atomic E-state index is 4.65. The van der Waals surface area contributed by atoms with Crippen LogP contribution in [0.15, 0.2) is 18.2 Å². The SMILES string of the molecule is CNC1CCC(C(C)C)CC1N(C)Cc1cccc(C)n1. The van der Waals surface area contributed by atoms with Crippen LogP contribution in [0.3, 0.4) is 0 Å². The number of pyridine rings is 1. The Morgan fingerprint density at radius 2 is 2.10 bits per heavy atom. The minimum Gasteiger partial charge on any atom is -0.315 e. The van der Waals surface area contributed by atoms with Crippen molar-refractivity contribution in [2.45, 2.75) is 58.7 Å². The second-order valence-corrected chi connectivity index (χ2v) is 6.97. The molecule has 1 aliphatic rings. The zero-order chi connectivity index (χ0) is 15.4. The number of rotatable bonds is 5. The van der Waals surface area contributed by atoms with Crippen molar-refractivity contribution < 1.29 is 0 Å². The largest absolute Gasteiger partial charge is 0.315 e. The van der Waals surface area contributed by atoms with E-state index in [4.69, 9.17) is 0 Å². The molecule has 3 atom stereocenters. The lowest BCUT2D eigenvalue weighted by molar-refractivity contribution is 0.0998. The summed E-state index contributed by atoms with van der Waals surface area (Å²) >= 11 is 0. The molecule has 0 bridgehead atoms. The van der Waals surface area contributed by atoms with Gasteiger partial charge in [-0.1, -0.05) is 19.9 Å². The number of hydrogen-bond acceptors (Lipinski definition) is 3. The lowest BCUT2D eigenvalue weighted by atomic mass is 9.76. The summed E-state index contributed by atoms with van der Waals surface area (Å²) in [4.78, 5) is 7.15. The van der Waals surface area contributed by atoms with Crippen LogP contribution in [0, 0.1) is 18.8 Å². The Hall–Kier alpha value is -0.930. The average molecular weight is 289 g/mol. The van der Waals surface area contributed by atoms with Gasteiger partial charge < -0.3 is 5.32 Å². The summed E-state index contributed by atoms with van der Waals surface area (Å²) in [5.41, 5.74) is 2.29. The second-order valence-electron chi connectivity index (χ2n) is 6.97. The van der Waals surface area contributed by atoms with Crippen LogP contribution in [0.1, 0.15) is 44.5 Å². The molecule has 21 heavy (non-hydrogen) atoms. The fourth-order valence-electron chi connectivity index (χ4n) is 3.67. The van der Waals surface area contributed by atoms with Gasteiger partial charge in [0.2, 0.25) is 0 Å². The normalized spacial score (nSPS) is 26.5. The predicted molar refractivity (Wildman–Crippen MR) is 89.3 cm³/mol. The molecule has 0 amide bonds. The molecule has 3 heteroatoms. The molecule has 0 aliphatic heterocycles. The monoisotopic (exact) mass is 289 g/mol. The highest BCUT2D eigenvalue weighted by Gasteiger charge is 2.33. The summed E-state index contributed by atoms with van der Waals surface area (Å²) in [6, 6.07) is 7.53. The van der Waals surface area contributed by atoms with Crippen molar-refractivity contribution in [2.24, 2.45) is 11.8 Å². The number of aromatic nitrogens is 1. The highest BCUT2D eigenvalue weighted by molar-refractivity contribution is 5.10. The maximum atomic E-state index is 4.65. The zero-order valence-corrected chi connectivity index (χ0v) is 14.3. The van der Waals surface area contributed by atoms with E-state index in [0.717, 1.165) is 24.1 Å². The Morgan fingerprint density at radius 3 is 2.71 bits per heavy atom. The van der Waals surface area contributed by atoms with Gasteiger partial charge in [0.15, 0.2) is 0 Å². The molecular weight excluding hydrogens is 258 g/mol. The summed E-state index contributed by atoms with van der Waals surface area (Å²) in [5, 5.41) is 3.53. The van der Waals surface area contributed by atoms with Gasteiger partial charge in [0.25, 0.3) is 0 Å². The third-order valence-electron chi connectivity index (χ3n) is 5.09. The third-order valence-corrected chi connectivity index (χ3v) is 5.09. The first-order chi connectivity index (χ1) is 10.0. The molecule has 0 radical (unpaired) electrons. The number of nitrogens with zero attached hydrogens (tertiary/aromatic N) is 2. The molecule has 0 aromatic carbocycles. The molecule has 1 N–H and O–H groups in total. The first-order valence-corrected chi connectivity index (χ1v) is 8.31. The molecule has 1 aliphatic carbocycles. The Kier molecular flexibility index (Phi) is 5.77. The smallest absolute Gasteiger partial charge is 0.0547 e. The van der Waals surface area contributed by atoms with E-state index in [1.807, 2.05) is 0 Å². The minimum absolute atomic E-state index is 0.606. The van der Waals surface area contributed by atoms with Crippen LogP contribution in [0.25, 0.3) is 0 Å². The van der Waals surface area contributed by atoms with Crippen molar-refractivity contribution >= 4 is 0 Å². The molecular formula is C18H31N3. The van der Waals surface area contributed by atoms with Gasteiger partial charge in [-0.2, -0.15) is 0 Å². The molecule has 1 saturated carbocycles. The maximum Gasteiger partial charge on any atom is 0.0547 e. The number of likely N-dealkylation sites (N-methyl/N-ethyl adjacent to an activating group) is 2. The Balaban J connectivity index is 2.05. The number of aryl methyl sites for hydroxylation is 1. The highest BCUT2D eigenvalue weighted by Crippen LogP contribution is 2.32. The highest BCUT2D eigenvalue weighted by atomic mass is 15.2. The van der Waals surface area contributed by atoms with Crippen LogP contribution in [-0.4, -0.2) is 36.1 Å². The molecule has 118 valence electrons. The van der Waals surface area contributed by atoms with Gasteiger partial charge in [0, 0.05) is 24.3 Å². The Bertz CT molecular complexity index is 444. The van der Waals surface area contributed by atoms with Gasteiger partial charge in [-0.05, 0) is 64.3 Å². The van der Waals surface area contributed by atoms with Crippen molar-refractivity contribution in [2.75, 3.05) is 14.1 Å². The molecule has 3 nitrogen and oxygen atoms in total. The second kappa shape index (κ2) is 7.37. The van der Waals surface area contributed by atoms with Crippen molar-refractivity contribution in [3.05, 3.63) is 29.6 Å². The fraction of sp³-hybridized carbons (Fsp3) is 0.722. The minimum atomic E-state index is 0.606. The van der Waals surface area contributed by atoms with Crippen LogP contribution in [0.2, 0.25) is 0 Å². The van der Waals surface area contributed by atoms with Gasteiger partial charge in [0.05, 0.1) is 5.69 Å². The Morgan fingerprint density at radius 1 is 1.33 bits per heavy atom. The van der Waals surface area contributed by atoms with Crippen molar-refractivity contribution in [3.8, 4) is 0 Å². The van der Waals surface area contributed by atoms with E-state index >= 15 is 0 Å². The van der Waals surface area contributed by atoms with E-state index in [-0.39, 0.29) is 0 Å². The van der Waals surface area contributed by atoms with E-state index < -0.39 is 0 Å². The zero-order valence-electron chi connectivity index (χ0n) is 14.3. The van der Waals surface area contributed by atoms with E-state index in [9.17, 15) is 0 Å². The first-order valence-electron chi connectivity index (χ1n) is 8.31. The van der Waals surface area contributed by atoms with E-state index in [1.54, 1.807) is 0 Å². The molecule has 1 heterocycles. The Labute approximate surface area is 130 Å². The van der Waals surface area contributed by atoms with E-state index in [1.165, 1.54) is 25.0 Å². The molecule has 0 spiro atoms. The average Bonchev–Trinajstić information content (AvgIpc) is 2.46. The first kappa shape index (κ1) is 16.4. The van der Waals surface area contributed by atoms with Gasteiger partial charge in [-0.25, -0.2) is 0 Å². The quantitative estimate of drug-likeness (QED) is 0.902. The number of nitrogens with one attached hydrogen (secondary N) is 1. The van der Waals surface area contributed by atoms with Gasteiger partial charge in [-0.15, -0.1) is 0 Å².